The summed E-state index contributed by atoms with van der Waals surface area (Å²) in [5, 5.41) is 3.52. The molecule has 2 aromatic heterocycles. The van der Waals surface area contributed by atoms with Gasteiger partial charge in [-0.3, -0.25) is 9.20 Å². The zero-order valence-electron chi connectivity index (χ0n) is 18.6. The van der Waals surface area contributed by atoms with Crippen LogP contribution in [0.15, 0.2) is 48.7 Å². The van der Waals surface area contributed by atoms with Gasteiger partial charge in [0.25, 0.3) is 0 Å². The molecule has 1 aromatic carbocycles. The largest absolute Gasteiger partial charge is 0.365 e. The highest BCUT2D eigenvalue weighted by Gasteiger charge is 2.29. The number of rotatable bonds is 5. The molecule has 1 fully saturated rings. The summed E-state index contributed by atoms with van der Waals surface area (Å²) in [5.74, 6) is 1.03. The molecule has 0 bridgehead atoms. The number of carbonyl (C=O) groups is 1. The summed E-state index contributed by atoms with van der Waals surface area (Å²) >= 11 is 0. The van der Waals surface area contributed by atoms with E-state index < -0.39 is 0 Å². The molecule has 0 unspecified atom stereocenters. The van der Waals surface area contributed by atoms with E-state index in [0.29, 0.717) is 6.42 Å². The van der Waals surface area contributed by atoms with E-state index >= 15 is 0 Å². The number of likely N-dealkylation sites (tertiary alicyclic amines) is 1. The minimum Gasteiger partial charge on any atom is -0.365 e. The summed E-state index contributed by atoms with van der Waals surface area (Å²) in [6.45, 7) is 7.72. The molecule has 5 nitrogen and oxygen atoms in total. The fraction of sp³-hybridized carbons (Fsp3) is 0.440. The van der Waals surface area contributed by atoms with E-state index in [2.05, 4.69) is 38.2 Å². The number of benzene rings is 1. The van der Waals surface area contributed by atoms with Gasteiger partial charge in [-0.2, -0.15) is 0 Å². The van der Waals surface area contributed by atoms with Crippen LogP contribution in [0.2, 0.25) is 0 Å². The Bertz CT molecular complexity index is 1050. The lowest BCUT2D eigenvalue weighted by molar-refractivity contribution is -0.132. The number of hydrogen-bond acceptors (Lipinski definition) is 3. The molecule has 164 valence electrons. The minimum atomic E-state index is -0.285. The average molecular weight is 423 g/mol. The number of aryl methyl sites for hydroxylation is 1. The van der Waals surface area contributed by atoms with Crippen LogP contribution in [0.1, 0.15) is 57.2 Å². The summed E-state index contributed by atoms with van der Waals surface area (Å²) in [6, 6.07) is 13.3. The maximum atomic E-state index is 13.9. The zero-order valence-corrected chi connectivity index (χ0v) is 18.6. The minimum absolute atomic E-state index is 0.175. The molecule has 1 N–H and O–H groups in total. The SMILES string of the molecule is CC(C)(C)Nc1c(C2CCN(C(=O)CCc3ccccc3)CC2)nc2ccc(F)cn12. The van der Waals surface area contributed by atoms with Crippen molar-refractivity contribution in [3.05, 3.63) is 65.7 Å². The fourth-order valence-corrected chi connectivity index (χ4v) is 4.26. The van der Waals surface area contributed by atoms with Crippen molar-refractivity contribution < 1.29 is 9.18 Å². The maximum Gasteiger partial charge on any atom is 0.222 e. The first-order valence-corrected chi connectivity index (χ1v) is 11.1. The van der Waals surface area contributed by atoms with Crippen LogP contribution in [0.3, 0.4) is 0 Å². The fourth-order valence-electron chi connectivity index (χ4n) is 4.26. The molecule has 1 saturated heterocycles. The number of carbonyl (C=O) groups excluding carboxylic acids is 1. The summed E-state index contributed by atoms with van der Waals surface area (Å²) in [5.41, 5.74) is 2.73. The Labute approximate surface area is 183 Å². The number of hydrogen-bond donors (Lipinski definition) is 1. The lowest BCUT2D eigenvalue weighted by Crippen LogP contribution is -2.38. The lowest BCUT2D eigenvalue weighted by atomic mass is 9.92. The van der Waals surface area contributed by atoms with Gasteiger partial charge in [-0.25, -0.2) is 9.37 Å². The van der Waals surface area contributed by atoms with Gasteiger partial charge in [-0.1, -0.05) is 30.3 Å². The van der Waals surface area contributed by atoms with Gasteiger partial charge in [0.1, 0.15) is 17.3 Å². The molecule has 31 heavy (non-hydrogen) atoms. The van der Waals surface area contributed by atoms with Crippen LogP contribution in [0.25, 0.3) is 5.65 Å². The summed E-state index contributed by atoms with van der Waals surface area (Å²) in [6.07, 6.45) is 4.53. The van der Waals surface area contributed by atoms with E-state index in [9.17, 15) is 9.18 Å². The number of nitrogens with one attached hydrogen (secondary N) is 1. The average Bonchev–Trinajstić information content (AvgIpc) is 3.09. The predicted molar refractivity (Wildman–Crippen MR) is 122 cm³/mol. The first-order valence-electron chi connectivity index (χ1n) is 11.1. The van der Waals surface area contributed by atoms with Crippen LogP contribution < -0.4 is 5.32 Å². The number of halogens is 1. The molecule has 0 atom stereocenters. The Morgan fingerprint density at radius 2 is 1.84 bits per heavy atom. The first-order chi connectivity index (χ1) is 14.8. The van der Waals surface area contributed by atoms with Crippen LogP contribution in [0.5, 0.6) is 0 Å². The van der Waals surface area contributed by atoms with Crippen LogP contribution >= 0.6 is 0 Å². The summed E-state index contributed by atoms with van der Waals surface area (Å²) < 4.78 is 15.7. The van der Waals surface area contributed by atoms with E-state index in [1.807, 2.05) is 27.5 Å². The van der Waals surface area contributed by atoms with Crippen LogP contribution in [-0.2, 0) is 11.2 Å². The van der Waals surface area contributed by atoms with Crippen molar-refractivity contribution in [1.29, 1.82) is 0 Å². The van der Waals surface area contributed by atoms with Gasteiger partial charge < -0.3 is 10.2 Å². The molecule has 4 rings (SSSR count). The Morgan fingerprint density at radius 3 is 2.52 bits per heavy atom. The first kappa shape index (κ1) is 21.3. The Kier molecular flexibility index (Phi) is 5.99. The predicted octanol–water partition coefficient (Wildman–Crippen LogP) is 5.02. The van der Waals surface area contributed by atoms with Gasteiger partial charge >= 0.3 is 0 Å². The van der Waals surface area contributed by atoms with Crippen molar-refractivity contribution in [2.75, 3.05) is 18.4 Å². The molecular formula is C25H31FN4O. The second-order valence-corrected chi connectivity index (χ2v) is 9.44. The number of fused-ring (bicyclic) bond motifs is 1. The number of nitrogens with zero attached hydrogens (tertiary/aromatic N) is 3. The van der Waals surface area contributed by atoms with Crippen molar-refractivity contribution in [2.24, 2.45) is 0 Å². The molecule has 1 aliphatic heterocycles. The third-order valence-corrected chi connectivity index (χ3v) is 5.81. The molecule has 3 aromatic rings. The molecule has 0 radical (unpaired) electrons. The van der Waals surface area contributed by atoms with E-state index in [1.165, 1.54) is 17.8 Å². The van der Waals surface area contributed by atoms with Gasteiger partial charge in [0, 0.05) is 37.2 Å². The van der Waals surface area contributed by atoms with Gasteiger partial charge in [-0.15, -0.1) is 0 Å². The normalized spacial score (nSPS) is 15.4. The second kappa shape index (κ2) is 8.69. The molecular weight excluding hydrogens is 391 g/mol. The Hall–Kier alpha value is -2.89. The third-order valence-electron chi connectivity index (χ3n) is 5.81. The molecule has 3 heterocycles. The van der Waals surface area contributed by atoms with Crippen LogP contribution in [0, 0.1) is 5.82 Å². The quantitative estimate of drug-likeness (QED) is 0.628. The van der Waals surface area contributed by atoms with Gasteiger partial charge in [0.15, 0.2) is 0 Å². The molecule has 0 aliphatic carbocycles. The monoisotopic (exact) mass is 422 g/mol. The van der Waals surface area contributed by atoms with Crippen molar-refractivity contribution in [2.45, 2.75) is 57.9 Å². The number of aromatic nitrogens is 2. The number of pyridine rings is 1. The number of amides is 1. The molecule has 0 spiro atoms. The van der Waals surface area contributed by atoms with E-state index in [1.54, 1.807) is 6.07 Å². The van der Waals surface area contributed by atoms with Crippen molar-refractivity contribution in [1.82, 2.24) is 14.3 Å². The van der Waals surface area contributed by atoms with Crippen molar-refractivity contribution in [3.8, 4) is 0 Å². The topological polar surface area (TPSA) is 49.6 Å². The lowest BCUT2D eigenvalue weighted by Gasteiger charge is -2.32. The molecule has 6 heteroatoms. The van der Waals surface area contributed by atoms with Gasteiger partial charge in [0.05, 0.1) is 5.69 Å². The number of imidazole rings is 1. The van der Waals surface area contributed by atoms with Crippen molar-refractivity contribution >= 4 is 17.4 Å². The number of anilines is 1. The highest BCUT2D eigenvalue weighted by molar-refractivity contribution is 5.76. The van der Waals surface area contributed by atoms with Crippen LogP contribution in [-0.4, -0.2) is 38.8 Å². The molecule has 0 saturated carbocycles. The highest BCUT2D eigenvalue weighted by Crippen LogP contribution is 2.34. The maximum absolute atomic E-state index is 13.9. The van der Waals surface area contributed by atoms with E-state index in [4.69, 9.17) is 4.98 Å². The standard InChI is InChI=1S/C25H31FN4O/c1-25(2,3)28-24-23(27-21-11-10-20(26)17-30(21)24)19-13-15-29(16-14-19)22(31)12-9-18-7-5-4-6-8-18/h4-8,10-11,17,19,28H,9,12-16H2,1-3H3. The van der Waals surface area contributed by atoms with Gasteiger partial charge in [0.2, 0.25) is 5.91 Å². The second-order valence-electron chi connectivity index (χ2n) is 9.44. The summed E-state index contributed by atoms with van der Waals surface area (Å²) in [7, 11) is 0. The smallest absolute Gasteiger partial charge is 0.222 e. The van der Waals surface area contributed by atoms with Crippen LogP contribution in [0.4, 0.5) is 10.2 Å². The van der Waals surface area contributed by atoms with E-state index in [0.717, 1.165) is 49.5 Å². The summed E-state index contributed by atoms with van der Waals surface area (Å²) in [4.78, 5) is 19.5. The van der Waals surface area contributed by atoms with Gasteiger partial charge in [-0.05, 0) is 57.7 Å². The Balaban J connectivity index is 1.45. The van der Waals surface area contributed by atoms with E-state index in [-0.39, 0.29) is 23.2 Å². The molecule has 1 amide bonds. The molecule has 1 aliphatic rings. The van der Waals surface area contributed by atoms with Crippen molar-refractivity contribution in [3.63, 3.8) is 0 Å². The highest BCUT2D eigenvalue weighted by atomic mass is 19.1. The number of piperidine rings is 1. The zero-order chi connectivity index (χ0) is 22.0. The third kappa shape index (κ3) is 5.06. The Morgan fingerprint density at radius 1 is 1.13 bits per heavy atom.